The summed E-state index contributed by atoms with van der Waals surface area (Å²) in [6.45, 7) is 0.516. The summed E-state index contributed by atoms with van der Waals surface area (Å²) in [6, 6.07) is 3.81. The van der Waals surface area contributed by atoms with Gasteiger partial charge < -0.3 is 10.1 Å². The Morgan fingerprint density at radius 2 is 2.10 bits per heavy atom. The zero-order chi connectivity index (χ0) is 15.5. The Hall–Kier alpha value is -1.02. The molecule has 1 aromatic carbocycles. The molecule has 0 aliphatic heterocycles. The monoisotopic (exact) mass is 316 g/mol. The summed E-state index contributed by atoms with van der Waals surface area (Å²) in [6.07, 6.45) is 2.74. The average Bonchev–Trinajstić information content (AvgIpc) is 2.40. The zero-order valence-corrected chi connectivity index (χ0v) is 13.1. The predicted octanol–water partition coefficient (Wildman–Crippen LogP) is 1.39. The van der Waals surface area contributed by atoms with Crippen molar-refractivity contribution >= 4 is 10.0 Å². The first-order valence-electron chi connectivity index (χ1n) is 6.90. The van der Waals surface area contributed by atoms with E-state index in [1.165, 1.54) is 18.2 Å². The molecule has 0 bridgehead atoms. The van der Waals surface area contributed by atoms with Gasteiger partial charge in [-0.15, -0.1) is 0 Å². The van der Waals surface area contributed by atoms with Gasteiger partial charge in [-0.2, -0.15) is 0 Å². The van der Waals surface area contributed by atoms with E-state index in [2.05, 4.69) is 10.0 Å². The molecule has 0 spiro atoms. The molecule has 0 unspecified atom stereocenters. The minimum Gasteiger partial charge on any atom is -0.377 e. The van der Waals surface area contributed by atoms with Gasteiger partial charge in [0.15, 0.2) is 0 Å². The second-order valence-electron chi connectivity index (χ2n) is 5.35. The third-order valence-corrected chi connectivity index (χ3v) is 5.38. The van der Waals surface area contributed by atoms with Crippen molar-refractivity contribution in [3.8, 4) is 0 Å². The summed E-state index contributed by atoms with van der Waals surface area (Å²) in [5.41, 5.74) is -0.0635. The van der Waals surface area contributed by atoms with Gasteiger partial charge in [0.2, 0.25) is 10.0 Å². The molecule has 1 fully saturated rings. The fourth-order valence-electron chi connectivity index (χ4n) is 2.38. The van der Waals surface area contributed by atoms with Gasteiger partial charge in [0.1, 0.15) is 5.82 Å². The van der Waals surface area contributed by atoms with E-state index in [9.17, 15) is 12.8 Å². The van der Waals surface area contributed by atoms with Gasteiger partial charge in [-0.3, -0.25) is 0 Å². The first kappa shape index (κ1) is 16.4. The topological polar surface area (TPSA) is 67.4 Å². The van der Waals surface area contributed by atoms with Gasteiger partial charge in [0.05, 0.1) is 10.5 Å². The van der Waals surface area contributed by atoms with Gasteiger partial charge in [-0.25, -0.2) is 17.5 Å². The highest BCUT2D eigenvalue weighted by Crippen LogP contribution is 2.34. The number of benzene rings is 1. The van der Waals surface area contributed by atoms with Crippen molar-refractivity contribution < 1.29 is 17.5 Å². The van der Waals surface area contributed by atoms with Crippen molar-refractivity contribution in [1.29, 1.82) is 0 Å². The maximum Gasteiger partial charge on any atom is 0.240 e. The summed E-state index contributed by atoms with van der Waals surface area (Å²) >= 11 is 0. The van der Waals surface area contributed by atoms with Crippen molar-refractivity contribution in [2.45, 2.75) is 36.3 Å². The van der Waals surface area contributed by atoms with Crippen LogP contribution in [-0.4, -0.2) is 34.7 Å². The molecule has 0 saturated heterocycles. The van der Waals surface area contributed by atoms with E-state index in [4.69, 9.17) is 4.74 Å². The smallest absolute Gasteiger partial charge is 0.240 e. The first-order chi connectivity index (χ1) is 9.92. The van der Waals surface area contributed by atoms with Crippen LogP contribution in [0, 0.1) is 5.82 Å². The highest BCUT2D eigenvalue weighted by Gasteiger charge is 2.38. The van der Waals surface area contributed by atoms with Crippen molar-refractivity contribution in [1.82, 2.24) is 10.0 Å². The number of sulfonamides is 1. The van der Waals surface area contributed by atoms with E-state index in [1.54, 1.807) is 14.2 Å². The maximum absolute atomic E-state index is 13.6. The van der Waals surface area contributed by atoms with E-state index in [0.717, 1.165) is 19.3 Å². The van der Waals surface area contributed by atoms with Gasteiger partial charge in [0.25, 0.3) is 0 Å². The Balaban J connectivity index is 2.13. The molecule has 5 nitrogen and oxygen atoms in total. The third kappa shape index (κ3) is 3.60. The average molecular weight is 316 g/mol. The Bertz CT molecular complexity index is 595. The molecule has 1 aromatic rings. The number of halogens is 1. The summed E-state index contributed by atoms with van der Waals surface area (Å²) in [7, 11) is -0.390. The van der Waals surface area contributed by atoms with Crippen LogP contribution in [0.15, 0.2) is 23.1 Å². The molecular formula is C14H21FN2O3S. The van der Waals surface area contributed by atoms with Crippen molar-refractivity contribution in [3.05, 3.63) is 29.6 Å². The first-order valence-corrected chi connectivity index (χ1v) is 8.39. The fraction of sp³-hybridized carbons (Fsp3) is 0.571. The van der Waals surface area contributed by atoms with Crippen molar-refractivity contribution in [2.75, 3.05) is 20.7 Å². The van der Waals surface area contributed by atoms with Gasteiger partial charge >= 0.3 is 0 Å². The standard InChI is InChI=1S/C14H21FN2O3S/c1-16-9-11-8-12(4-5-13(11)15)21(18,19)17-10-14(20-2)6-3-7-14/h4-5,8,16-17H,3,6-7,9-10H2,1-2H3. The Morgan fingerprint density at radius 3 is 2.62 bits per heavy atom. The van der Waals surface area contributed by atoms with E-state index < -0.39 is 15.8 Å². The van der Waals surface area contributed by atoms with Crippen LogP contribution in [0.4, 0.5) is 4.39 Å². The minimum absolute atomic E-state index is 0.0692. The van der Waals surface area contributed by atoms with Gasteiger partial charge in [0, 0.05) is 25.8 Å². The summed E-state index contributed by atoms with van der Waals surface area (Å²) in [4.78, 5) is 0.0692. The molecule has 2 rings (SSSR count). The summed E-state index contributed by atoms with van der Waals surface area (Å²) in [5, 5.41) is 2.81. The molecule has 21 heavy (non-hydrogen) atoms. The maximum atomic E-state index is 13.6. The second kappa shape index (κ2) is 6.39. The lowest BCUT2D eigenvalue weighted by Crippen LogP contribution is -2.49. The molecule has 7 heteroatoms. The highest BCUT2D eigenvalue weighted by atomic mass is 32.2. The fourth-order valence-corrected chi connectivity index (χ4v) is 3.54. The van der Waals surface area contributed by atoms with E-state index in [0.29, 0.717) is 5.56 Å². The molecule has 2 N–H and O–H groups in total. The van der Waals surface area contributed by atoms with Crippen molar-refractivity contribution in [2.24, 2.45) is 0 Å². The van der Waals surface area contributed by atoms with Crippen LogP contribution in [0.2, 0.25) is 0 Å². The number of nitrogens with one attached hydrogen (secondary N) is 2. The highest BCUT2D eigenvalue weighted by molar-refractivity contribution is 7.89. The summed E-state index contributed by atoms with van der Waals surface area (Å²) < 4.78 is 46.1. The molecule has 0 amide bonds. The quantitative estimate of drug-likeness (QED) is 0.798. The number of ether oxygens (including phenoxy) is 1. The molecule has 118 valence electrons. The lowest BCUT2D eigenvalue weighted by atomic mass is 9.80. The lowest BCUT2D eigenvalue weighted by molar-refractivity contribution is -0.0659. The van der Waals surface area contributed by atoms with Crippen LogP contribution in [0.3, 0.4) is 0 Å². The molecule has 0 aromatic heterocycles. The third-order valence-electron chi connectivity index (χ3n) is 3.98. The van der Waals surface area contributed by atoms with E-state index >= 15 is 0 Å². The SMILES string of the molecule is CNCc1cc(S(=O)(=O)NCC2(OC)CCC2)ccc1F. The Labute approximate surface area is 124 Å². The molecule has 0 radical (unpaired) electrons. The summed E-state index contributed by atoms with van der Waals surface area (Å²) in [5.74, 6) is -0.421. The molecule has 0 heterocycles. The number of methoxy groups -OCH3 is 1. The van der Waals surface area contributed by atoms with Crippen LogP contribution in [-0.2, 0) is 21.3 Å². The largest absolute Gasteiger partial charge is 0.377 e. The second-order valence-corrected chi connectivity index (χ2v) is 7.12. The predicted molar refractivity (Wildman–Crippen MR) is 77.9 cm³/mol. The molecular weight excluding hydrogens is 295 g/mol. The van der Waals surface area contributed by atoms with Crippen LogP contribution in [0.5, 0.6) is 0 Å². The Kier molecular flexibility index (Phi) is 4.98. The Morgan fingerprint density at radius 1 is 1.38 bits per heavy atom. The molecule has 0 atom stereocenters. The van der Waals surface area contributed by atoms with Crippen LogP contribution >= 0.6 is 0 Å². The molecule has 1 aliphatic rings. The lowest BCUT2D eigenvalue weighted by Gasteiger charge is -2.40. The zero-order valence-electron chi connectivity index (χ0n) is 12.3. The number of hydrogen-bond acceptors (Lipinski definition) is 4. The van der Waals surface area contributed by atoms with Crippen LogP contribution in [0.25, 0.3) is 0 Å². The van der Waals surface area contributed by atoms with E-state index in [-0.39, 0.29) is 23.6 Å². The van der Waals surface area contributed by atoms with E-state index in [1.807, 2.05) is 0 Å². The molecule has 1 saturated carbocycles. The number of hydrogen-bond donors (Lipinski definition) is 2. The van der Waals surface area contributed by atoms with Crippen LogP contribution < -0.4 is 10.0 Å². The number of rotatable bonds is 7. The van der Waals surface area contributed by atoms with Gasteiger partial charge in [-0.1, -0.05) is 0 Å². The normalized spacial score (nSPS) is 17.5. The van der Waals surface area contributed by atoms with Crippen LogP contribution in [0.1, 0.15) is 24.8 Å². The minimum atomic E-state index is -3.66. The molecule has 1 aliphatic carbocycles. The van der Waals surface area contributed by atoms with Crippen molar-refractivity contribution in [3.63, 3.8) is 0 Å². The van der Waals surface area contributed by atoms with Gasteiger partial charge in [-0.05, 0) is 44.5 Å².